The summed E-state index contributed by atoms with van der Waals surface area (Å²) in [4.78, 5) is 4.32. The molecule has 0 aliphatic heterocycles. The largest absolute Gasteiger partial charge is 0.260 e. The Kier molecular flexibility index (Phi) is 7.51. The zero-order valence-electron chi connectivity index (χ0n) is 11.6. The monoisotopic (exact) mass is 261 g/mol. The molecule has 0 radical (unpaired) electrons. The summed E-state index contributed by atoms with van der Waals surface area (Å²) in [5, 5.41) is 0. The van der Waals surface area contributed by atoms with Gasteiger partial charge in [0, 0.05) is 17.7 Å². The lowest BCUT2D eigenvalue weighted by Crippen LogP contribution is -1.86. The van der Waals surface area contributed by atoms with Gasteiger partial charge in [0.25, 0.3) is 0 Å². The van der Waals surface area contributed by atoms with Gasteiger partial charge in [0.2, 0.25) is 0 Å². The van der Waals surface area contributed by atoms with Crippen LogP contribution in [0.2, 0.25) is 0 Å². The zero-order valence-corrected chi connectivity index (χ0v) is 12.5. The van der Waals surface area contributed by atoms with Crippen LogP contribution in [-0.4, -0.2) is 10.7 Å². The topological polar surface area (TPSA) is 12.9 Å². The highest BCUT2D eigenvalue weighted by Crippen LogP contribution is 2.12. The van der Waals surface area contributed by atoms with Gasteiger partial charge in [0.05, 0.1) is 5.69 Å². The van der Waals surface area contributed by atoms with Gasteiger partial charge < -0.3 is 0 Å². The first-order chi connectivity index (χ1) is 8.68. The summed E-state index contributed by atoms with van der Waals surface area (Å²) in [6, 6.07) is 6.09. The van der Waals surface area contributed by atoms with E-state index in [-0.39, 0.29) is 0 Å². The second-order valence-corrected chi connectivity index (χ2v) is 5.74. The highest BCUT2D eigenvalue weighted by molar-refractivity contribution is 7.98. The maximum Gasteiger partial charge on any atom is 0.0502 e. The second-order valence-electron chi connectivity index (χ2n) is 4.71. The van der Waals surface area contributed by atoms with Crippen LogP contribution in [-0.2, 0) is 5.75 Å². The quantitative estimate of drug-likeness (QED) is 0.505. The van der Waals surface area contributed by atoms with Gasteiger partial charge in [0.15, 0.2) is 0 Å². The van der Waals surface area contributed by atoms with E-state index >= 15 is 0 Å². The number of pyridine rings is 1. The fourth-order valence-electron chi connectivity index (χ4n) is 1.54. The van der Waals surface area contributed by atoms with Crippen molar-refractivity contribution in [2.45, 2.75) is 39.4 Å². The minimum atomic E-state index is 0.999. The van der Waals surface area contributed by atoms with Gasteiger partial charge in [-0.05, 0) is 45.7 Å². The number of aromatic nitrogens is 1. The van der Waals surface area contributed by atoms with Crippen molar-refractivity contribution in [2.24, 2.45) is 0 Å². The van der Waals surface area contributed by atoms with Gasteiger partial charge in [-0.3, -0.25) is 4.98 Å². The first-order valence-electron chi connectivity index (χ1n) is 6.45. The molecule has 1 heterocycles. The van der Waals surface area contributed by atoms with E-state index in [0.717, 1.165) is 23.6 Å². The molecule has 0 fully saturated rings. The molecule has 0 amide bonds. The third-order valence-corrected chi connectivity index (χ3v) is 3.52. The molecule has 98 valence electrons. The normalized spacial score (nSPS) is 11.4. The summed E-state index contributed by atoms with van der Waals surface area (Å²) in [5.41, 5.74) is 4.06. The Hall–Kier alpha value is -1.02. The molecule has 2 heteroatoms. The number of hydrogen-bond acceptors (Lipinski definition) is 2. The van der Waals surface area contributed by atoms with Crippen molar-refractivity contribution in [3.8, 4) is 0 Å². The summed E-state index contributed by atoms with van der Waals surface area (Å²) in [7, 11) is 0. The van der Waals surface area contributed by atoms with Crippen LogP contribution in [0.4, 0.5) is 0 Å². The van der Waals surface area contributed by atoms with Crippen LogP contribution >= 0.6 is 11.8 Å². The number of thioether (sulfide) groups is 1. The molecular weight excluding hydrogens is 238 g/mol. The van der Waals surface area contributed by atoms with Gasteiger partial charge in [-0.1, -0.05) is 29.4 Å². The first kappa shape index (κ1) is 15.0. The number of allylic oxidation sites excluding steroid dienone is 3. The molecule has 0 unspecified atom stereocenters. The fourth-order valence-corrected chi connectivity index (χ4v) is 2.44. The van der Waals surface area contributed by atoms with Crippen molar-refractivity contribution in [2.75, 3.05) is 5.75 Å². The average molecular weight is 261 g/mol. The van der Waals surface area contributed by atoms with Gasteiger partial charge in [-0.15, -0.1) is 0 Å². The maximum absolute atomic E-state index is 4.32. The van der Waals surface area contributed by atoms with Crippen LogP contribution in [0.15, 0.2) is 47.7 Å². The molecule has 1 nitrogen and oxygen atoms in total. The van der Waals surface area contributed by atoms with E-state index in [1.807, 2.05) is 30.1 Å². The highest BCUT2D eigenvalue weighted by atomic mass is 32.2. The molecule has 18 heavy (non-hydrogen) atoms. The van der Waals surface area contributed by atoms with Crippen LogP contribution in [0.3, 0.4) is 0 Å². The maximum atomic E-state index is 4.32. The van der Waals surface area contributed by atoms with E-state index in [2.05, 4.69) is 44.0 Å². The second kappa shape index (κ2) is 8.98. The standard InChI is InChI=1S/C16H23NS/c1-14(2)7-6-8-15(3)10-12-18-13-16-9-4-5-11-17-16/h4-5,7,9-11H,6,8,12-13H2,1-3H3/b15-10+. The molecule has 1 aromatic rings. The van der Waals surface area contributed by atoms with Crippen LogP contribution < -0.4 is 0 Å². The van der Waals surface area contributed by atoms with Crippen LogP contribution in [0.1, 0.15) is 39.3 Å². The summed E-state index contributed by atoms with van der Waals surface area (Å²) in [6.45, 7) is 6.53. The van der Waals surface area contributed by atoms with Crippen molar-refractivity contribution in [1.82, 2.24) is 4.98 Å². The Morgan fingerprint density at radius 3 is 2.72 bits per heavy atom. The molecule has 0 aromatic carbocycles. The SMILES string of the molecule is CC(C)=CCC/C(C)=C/CSCc1ccccn1. The van der Waals surface area contributed by atoms with Crippen molar-refractivity contribution in [1.29, 1.82) is 0 Å². The van der Waals surface area contributed by atoms with E-state index in [9.17, 15) is 0 Å². The molecule has 0 aliphatic rings. The third-order valence-electron chi connectivity index (χ3n) is 2.62. The Morgan fingerprint density at radius 1 is 1.22 bits per heavy atom. The molecule has 0 saturated heterocycles. The first-order valence-corrected chi connectivity index (χ1v) is 7.60. The van der Waals surface area contributed by atoms with E-state index in [1.165, 1.54) is 17.6 Å². The van der Waals surface area contributed by atoms with E-state index in [1.54, 1.807) is 0 Å². The molecular formula is C16H23NS. The number of nitrogens with zero attached hydrogens (tertiary/aromatic N) is 1. The van der Waals surface area contributed by atoms with Gasteiger partial charge in [0.1, 0.15) is 0 Å². The highest BCUT2D eigenvalue weighted by Gasteiger charge is 1.93. The molecule has 1 rings (SSSR count). The number of hydrogen-bond donors (Lipinski definition) is 0. The lowest BCUT2D eigenvalue weighted by Gasteiger charge is -2.00. The summed E-state index contributed by atoms with van der Waals surface area (Å²) in [6.07, 6.45) is 8.84. The van der Waals surface area contributed by atoms with Crippen LogP contribution in [0, 0.1) is 0 Å². The molecule has 0 spiro atoms. The Balaban J connectivity index is 2.18. The van der Waals surface area contributed by atoms with Gasteiger partial charge >= 0.3 is 0 Å². The Labute approximate surface area is 115 Å². The minimum absolute atomic E-state index is 0.999. The number of rotatable bonds is 7. The smallest absolute Gasteiger partial charge is 0.0502 e. The van der Waals surface area contributed by atoms with E-state index in [4.69, 9.17) is 0 Å². The van der Waals surface area contributed by atoms with Gasteiger partial charge in [-0.25, -0.2) is 0 Å². The predicted molar refractivity (Wildman–Crippen MR) is 82.8 cm³/mol. The van der Waals surface area contributed by atoms with Crippen molar-refractivity contribution < 1.29 is 0 Å². The molecule has 0 aliphatic carbocycles. The Morgan fingerprint density at radius 2 is 2.06 bits per heavy atom. The molecule has 0 N–H and O–H groups in total. The Bertz CT molecular complexity index is 389. The van der Waals surface area contributed by atoms with E-state index < -0.39 is 0 Å². The van der Waals surface area contributed by atoms with Crippen LogP contribution in [0.5, 0.6) is 0 Å². The molecule has 0 saturated carbocycles. The lowest BCUT2D eigenvalue weighted by atomic mass is 10.1. The van der Waals surface area contributed by atoms with Crippen molar-refractivity contribution >= 4 is 11.8 Å². The summed E-state index contributed by atoms with van der Waals surface area (Å²) in [5.74, 6) is 2.08. The lowest BCUT2D eigenvalue weighted by molar-refractivity contribution is 0.964. The molecule has 1 aromatic heterocycles. The van der Waals surface area contributed by atoms with Crippen LogP contribution in [0.25, 0.3) is 0 Å². The minimum Gasteiger partial charge on any atom is -0.260 e. The van der Waals surface area contributed by atoms with Crippen molar-refractivity contribution in [3.63, 3.8) is 0 Å². The predicted octanol–water partition coefficient (Wildman–Crippen LogP) is 5.01. The molecule has 0 atom stereocenters. The van der Waals surface area contributed by atoms with Crippen molar-refractivity contribution in [3.05, 3.63) is 53.4 Å². The molecule has 0 bridgehead atoms. The summed E-state index contributed by atoms with van der Waals surface area (Å²) < 4.78 is 0. The summed E-state index contributed by atoms with van der Waals surface area (Å²) >= 11 is 1.92. The third kappa shape index (κ3) is 7.33. The van der Waals surface area contributed by atoms with Gasteiger partial charge in [-0.2, -0.15) is 11.8 Å². The zero-order chi connectivity index (χ0) is 13.2. The average Bonchev–Trinajstić information content (AvgIpc) is 2.35. The fraction of sp³-hybridized carbons (Fsp3) is 0.438. The van der Waals surface area contributed by atoms with E-state index in [0.29, 0.717) is 0 Å².